The van der Waals surface area contributed by atoms with Gasteiger partial charge in [0.25, 0.3) is 0 Å². The number of allylic oxidation sites excluding steroid dienone is 2. The molecular formula is C17H12ClF3N6O. The molecule has 0 radical (unpaired) electrons. The second-order valence-corrected chi connectivity index (χ2v) is 6.56. The zero-order chi connectivity index (χ0) is 20.1. The highest BCUT2D eigenvalue weighted by atomic mass is 35.5. The lowest BCUT2D eigenvalue weighted by molar-refractivity contribution is -0.0918. The largest absolute Gasteiger partial charge is 0.431 e. The monoisotopic (exact) mass is 408 g/mol. The number of ketones is 1. The summed E-state index contributed by atoms with van der Waals surface area (Å²) in [7, 11) is 1.57. The van der Waals surface area contributed by atoms with Crippen LogP contribution in [0.15, 0.2) is 54.3 Å². The number of nitrogens with zero attached hydrogens (tertiary/aromatic N) is 5. The van der Waals surface area contributed by atoms with Crippen molar-refractivity contribution in [2.45, 2.75) is 12.2 Å². The summed E-state index contributed by atoms with van der Waals surface area (Å²) in [5.74, 6) is -0.927. The number of carbonyl (C=O) groups excluding carboxylic acids is 1. The molecular weight excluding hydrogens is 397 g/mol. The van der Waals surface area contributed by atoms with E-state index in [-0.39, 0.29) is 11.5 Å². The van der Waals surface area contributed by atoms with E-state index < -0.39 is 29.3 Å². The number of aromatic nitrogens is 5. The van der Waals surface area contributed by atoms with E-state index in [1.54, 1.807) is 19.2 Å². The highest BCUT2D eigenvalue weighted by molar-refractivity contribution is 6.30. The van der Waals surface area contributed by atoms with Gasteiger partial charge in [0.15, 0.2) is 5.78 Å². The molecule has 0 amide bonds. The number of alkyl halides is 3. The molecule has 1 aliphatic rings. The number of hydrogen-bond donors (Lipinski definition) is 1. The van der Waals surface area contributed by atoms with Gasteiger partial charge in [-0.05, 0) is 17.7 Å². The molecule has 0 fully saturated rings. The molecule has 144 valence electrons. The van der Waals surface area contributed by atoms with Crippen LogP contribution in [0.4, 0.5) is 19.1 Å². The standard InChI is InChI=1S/C17H12ClF3N6O/c1-26-7-10(6-23-26)14(28)12-13(9-2-4-11(18)5-3-9)27-16(22-8-24-27)25-15(12)17(19,20)21/h2-8,13H,1H3,(H,22,24,25)/t13-/m0/s1. The van der Waals surface area contributed by atoms with Crippen molar-refractivity contribution >= 4 is 23.3 Å². The molecule has 3 aromatic rings. The van der Waals surface area contributed by atoms with Crippen molar-refractivity contribution in [2.24, 2.45) is 7.05 Å². The first-order valence-electron chi connectivity index (χ1n) is 8.02. The van der Waals surface area contributed by atoms with Gasteiger partial charge in [0.05, 0.1) is 17.3 Å². The van der Waals surface area contributed by atoms with Gasteiger partial charge in [-0.1, -0.05) is 23.7 Å². The number of nitrogens with one attached hydrogen (secondary N) is 1. The maximum atomic E-state index is 13.9. The molecule has 1 aliphatic heterocycles. The van der Waals surface area contributed by atoms with Crippen molar-refractivity contribution in [3.63, 3.8) is 0 Å². The zero-order valence-electron chi connectivity index (χ0n) is 14.3. The molecule has 3 heterocycles. The van der Waals surface area contributed by atoms with Crippen molar-refractivity contribution in [1.29, 1.82) is 0 Å². The Morgan fingerprint density at radius 1 is 1.21 bits per heavy atom. The van der Waals surface area contributed by atoms with Gasteiger partial charge in [0.2, 0.25) is 5.95 Å². The lowest BCUT2D eigenvalue weighted by Gasteiger charge is -2.30. The Labute approximate surface area is 161 Å². The molecule has 0 spiro atoms. The lowest BCUT2D eigenvalue weighted by atomic mass is 9.90. The number of fused-ring (bicyclic) bond motifs is 1. The molecule has 0 saturated heterocycles. The normalized spacial score (nSPS) is 16.7. The molecule has 1 N–H and O–H groups in total. The summed E-state index contributed by atoms with van der Waals surface area (Å²) < 4.78 is 44.1. The van der Waals surface area contributed by atoms with E-state index in [4.69, 9.17) is 11.6 Å². The molecule has 1 aromatic carbocycles. The molecule has 11 heteroatoms. The predicted octanol–water partition coefficient (Wildman–Crippen LogP) is 3.38. The third kappa shape index (κ3) is 3.05. The molecule has 2 aromatic heterocycles. The van der Waals surface area contributed by atoms with Gasteiger partial charge >= 0.3 is 6.18 Å². The van der Waals surface area contributed by atoms with Crippen LogP contribution in [0.25, 0.3) is 0 Å². The number of carbonyl (C=O) groups is 1. The predicted molar refractivity (Wildman–Crippen MR) is 93.9 cm³/mol. The van der Waals surface area contributed by atoms with Gasteiger partial charge in [-0.25, -0.2) is 4.68 Å². The van der Waals surface area contributed by atoms with Crippen LogP contribution in [0.3, 0.4) is 0 Å². The molecule has 0 bridgehead atoms. The van der Waals surface area contributed by atoms with E-state index in [0.29, 0.717) is 10.6 Å². The molecule has 4 rings (SSSR count). The average Bonchev–Trinajstić information content (AvgIpc) is 3.28. The summed E-state index contributed by atoms with van der Waals surface area (Å²) >= 11 is 5.91. The van der Waals surface area contributed by atoms with Crippen molar-refractivity contribution < 1.29 is 18.0 Å². The van der Waals surface area contributed by atoms with Crippen molar-refractivity contribution in [3.8, 4) is 0 Å². The number of aryl methyl sites for hydroxylation is 1. The van der Waals surface area contributed by atoms with Crippen molar-refractivity contribution in [2.75, 3.05) is 5.32 Å². The number of hydrogen-bond acceptors (Lipinski definition) is 5. The van der Waals surface area contributed by atoms with Crippen LogP contribution >= 0.6 is 11.6 Å². The first kappa shape index (κ1) is 18.2. The number of anilines is 1. The van der Waals surface area contributed by atoms with Crippen LogP contribution in [0.5, 0.6) is 0 Å². The van der Waals surface area contributed by atoms with Gasteiger partial charge in [-0.3, -0.25) is 9.48 Å². The molecule has 28 heavy (non-hydrogen) atoms. The van der Waals surface area contributed by atoms with Crippen LogP contribution in [0.1, 0.15) is 22.0 Å². The van der Waals surface area contributed by atoms with E-state index in [0.717, 1.165) is 6.33 Å². The summed E-state index contributed by atoms with van der Waals surface area (Å²) in [5.41, 5.74) is -1.24. The van der Waals surface area contributed by atoms with Crippen LogP contribution in [-0.4, -0.2) is 36.5 Å². The van der Waals surface area contributed by atoms with Gasteiger partial charge in [-0.2, -0.15) is 28.4 Å². The molecule has 0 saturated carbocycles. The minimum Gasteiger partial charge on any atom is -0.320 e. The molecule has 0 aliphatic carbocycles. The fourth-order valence-electron chi connectivity index (χ4n) is 3.07. The average molecular weight is 409 g/mol. The highest BCUT2D eigenvalue weighted by Crippen LogP contribution is 2.41. The summed E-state index contributed by atoms with van der Waals surface area (Å²) in [5, 5.41) is 10.5. The van der Waals surface area contributed by atoms with E-state index in [1.165, 1.54) is 33.9 Å². The van der Waals surface area contributed by atoms with Crippen LogP contribution < -0.4 is 5.32 Å². The second-order valence-electron chi connectivity index (χ2n) is 6.13. The number of halogens is 4. The van der Waals surface area contributed by atoms with Crippen LogP contribution in [0, 0.1) is 0 Å². The number of rotatable bonds is 3. The Morgan fingerprint density at radius 2 is 1.93 bits per heavy atom. The molecule has 1 atom stereocenters. The van der Waals surface area contributed by atoms with Crippen LogP contribution in [-0.2, 0) is 7.05 Å². The smallest absolute Gasteiger partial charge is 0.320 e. The number of benzene rings is 1. The van der Waals surface area contributed by atoms with Gasteiger partial charge in [0, 0.05) is 18.3 Å². The maximum Gasteiger partial charge on any atom is 0.431 e. The second kappa shape index (κ2) is 6.48. The Balaban J connectivity index is 1.97. The van der Waals surface area contributed by atoms with Crippen LogP contribution in [0.2, 0.25) is 5.02 Å². The Bertz CT molecular complexity index is 1080. The lowest BCUT2D eigenvalue weighted by Crippen LogP contribution is -2.35. The summed E-state index contributed by atoms with van der Waals surface area (Å²) in [6.07, 6.45) is -1.11. The SMILES string of the molecule is Cn1cc(C(=O)C2=C(C(F)(F)F)Nc3ncnn3[C@H]2c2ccc(Cl)cc2)cn1. The van der Waals surface area contributed by atoms with E-state index in [2.05, 4.69) is 20.5 Å². The Kier molecular flexibility index (Phi) is 4.22. The first-order chi connectivity index (χ1) is 13.3. The maximum absolute atomic E-state index is 13.9. The minimum absolute atomic E-state index is 0.0311. The Morgan fingerprint density at radius 3 is 2.54 bits per heavy atom. The minimum atomic E-state index is -4.81. The van der Waals surface area contributed by atoms with Gasteiger partial charge in [0.1, 0.15) is 18.1 Å². The van der Waals surface area contributed by atoms with E-state index in [1.807, 2.05) is 0 Å². The van der Waals surface area contributed by atoms with Gasteiger partial charge in [-0.15, -0.1) is 0 Å². The molecule has 7 nitrogen and oxygen atoms in total. The highest BCUT2D eigenvalue weighted by Gasteiger charge is 2.46. The zero-order valence-corrected chi connectivity index (χ0v) is 15.0. The molecule has 0 unspecified atom stereocenters. The summed E-state index contributed by atoms with van der Waals surface area (Å²) in [6.45, 7) is 0. The fraction of sp³-hybridized carbons (Fsp3) is 0.176. The van der Waals surface area contributed by atoms with Gasteiger partial charge < -0.3 is 5.32 Å². The van der Waals surface area contributed by atoms with Crippen molar-refractivity contribution in [1.82, 2.24) is 24.5 Å². The quantitative estimate of drug-likeness (QED) is 0.672. The van der Waals surface area contributed by atoms with E-state index >= 15 is 0 Å². The third-order valence-electron chi connectivity index (χ3n) is 4.28. The first-order valence-corrected chi connectivity index (χ1v) is 8.40. The summed E-state index contributed by atoms with van der Waals surface area (Å²) in [6, 6.07) is 5.03. The Hall–Kier alpha value is -3.14. The number of Topliss-reactive ketones (excluding diaryl/α,β-unsaturated/α-hetero) is 1. The third-order valence-corrected chi connectivity index (χ3v) is 4.53. The van der Waals surface area contributed by atoms with E-state index in [9.17, 15) is 18.0 Å². The van der Waals surface area contributed by atoms with Crippen molar-refractivity contribution in [3.05, 3.63) is 70.4 Å². The topological polar surface area (TPSA) is 77.6 Å². The fourth-order valence-corrected chi connectivity index (χ4v) is 3.20. The summed E-state index contributed by atoms with van der Waals surface area (Å²) in [4.78, 5) is 17.0.